The van der Waals surface area contributed by atoms with Crippen molar-refractivity contribution in [3.05, 3.63) is 35.6 Å². The maximum Gasteiger partial charge on any atom is 0.191 e. The van der Waals surface area contributed by atoms with Gasteiger partial charge in [0.1, 0.15) is 5.82 Å². The molecule has 24 heavy (non-hydrogen) atoms. The molecule has 1 aliphatic rings. The molecule has 2 rings (SSSR count). The van der Waals surface area contributed by atoms with Crippen molar-refractivity contribution in [2.24, 2.45) is 10.9 Å². The predicted molar refractivity (Wildman–Crippen MR) is 108 cm³/mol. The third kappa shape index (κ3) is 5.88. The summed E-state index contributed by atoms with van der Waals surface area (Å²) in [7, 11) is 1.78. The van der Waals surface area contributed by atoms with E-state index >= 15 is 0 Å². The Morgan fingerprint density at radius 1 is 1.21 bits per heavy atom. The van der Waals surface area contributed by atoms with Crippen LogP contribution in [-0.4, -0.2) is 39.3 Å². The number of nitrogens with zero attached hydrogens (tertiary/aromatic N) is 1. The van der Waals surface area contributed by atoms with E-state index in [2.05, 4.69) is 29.5 Å². The number of aliphatic imine (C=N–C) groups is 1. The standard InChI is InChI=1S/C18H28FN3O.HI/c1-14(2)12-21-17(20-3)22-13-18(8-10-23-11-9-18)15-4-6-16(19)7-5-15;/h4-7,14H,8-13H2,1-3H3,(H2,20,21,22);1H. The van der Waals surface area contributed by atoms with Gasteiger partial charge in [-0.2, -0.15) is 0 Å². The van der Waals surface area contributed by atoms with Crippen molar-refractivity contribution in [3.63, 3.8) is 0 Å². The van der Waals surface area contributed by atoms with Crippen LogP contribution in [0.15, 0.2) is 29.3 Å². The Bertz CT molecular complexity index is 514. The van der Waals surface area contributed by atoms with Gasteiger partial charge < -0.3 is 15.4 Å². The quantitative estimate of drug-likeness (QED) is 0.412. The molecule has 0 aliphatic carbocycles. The summed E-state index contributed by atoms with van der Waals surface area (Å²) in [5.74, 6) is 1.17. The van der Waals surface area contributed by atoms with E-state index in [4.69, 9.17) is 4.74 Å². The maximum atomic E-state index is 13.3. The zero-order valence-electron chi connectivity index (χ0n) is 14.8. The lowest BCUT2D eigenvalue weighted by atomic mass is 9.74. The van der Waals surface area contributed by atoms with Gasteiger partial charge in [0.05, 0.1) is 0 Å². The van der Waals surface area contributed by atoms with E-state index in [1.165, 1.54) is 0 Å². The summed E-state index contributed by atoms with van der Waals surface area (Å²) < 4.78 is 18.8. The van der Waals surface area contributed by atoms with Crippen molar-refractivity contribution in [2.45, 2.75) is 32.1 Å². The number of hydrogen-bond donors (Lipinski definition) is 2. The second-order valence-electron chi connectivity index (χ2n) is 6.60. The van der Waals surface area contributed by atoms with Crippen molar-refractivity contribution < 1.29 is 9.13 Å². The number of hydrogen-bond acceptors (Lipinski definition) is 2. The minimum Gasteiger partial charge on any atom is -0.381 e. The van der Waals surface area contributed by atoms with Crippen LogP contribution in [0.4, 0.5) is 4.39 Å². The fourth-order valence-corrected chi connectivity index (χ4v) is 2.91. The average Bonchev–Trinajstić information content (AvgIpc) is 2.56. The monoisotopic (exact) mass is 449 g/mol. The van der Waals surface area contributed by atoms with Crippen molar-refractivity contribution in [1.82, 2.24) is 10.6 Å². The lowest BCUT2D eigenvalue weighted by Crippen LogP contribution is -2.48. The number of guanidine groups is 1. The predicted octanol–water partition coefficient (Wildman–Crippen LogP) is 3.31. The first-order valence-electron chi connectivity index (χ1n) is 8.34. The van der Waals surface area contributed by atoms with E-state index in [1.807, 2.05) is 12.1 Å². The van der Waals surface area contributed by atoms with E-state index in [0.29, 0.717) is 5.92 Å². The zero-order valence-corrected chi connectivity index (χ0v) is 17.1. The number of nitrogens with one attached hydrogen (secondary N) is 2. The van der Waals surface area contributed by atoms with Gasteiger partial charge in [-0.15, -0.1) is 24.0 Å². The molecule has 1 aliphatic heterocycles. The van der Waals surface area contributed by atoms with Gasteiger partial charge in [0.15, 0.2) is 5.96 Å². The summed E-state index contributed by atoms with van der Waals surface area (Å²) in [6, 6.07) is 6.87. The molecule has 0 saturated carbocycles. The first kappa shape index (κ1) is 21.2. The fraction of sp³-hybridized carbons (Fsp3) is 0.611. The molecule has 0 radical (unpaired) electrons. The zero-order chi connectivity index (χ0) is 16.7. The Morgan fingerprint density at radius 2 is 1.83 bits per heavy atom. The van der Waals surface area contributed by atoms with Gasteiger partial charge in [0.25, 0.3) is 0 Å². The van der Waals surface area contributed by atoms with Crippen LogP contribution >= 0.6 is 24.0 Å². The summed E-state index contributed by atoms with van der Waals surface area (Å²) in [5.41, 5.74) is 1.12. The van der Waals surface area contributed by atoms with Gasteiger partial charge in [-0.1, -0.05) is 26.0 Å². The van der Waals surface area contributed by atoms with Crippen LogP contribution in [0.1, 0.15) is 32.3 Å². The van der Waals surface area contributed by atoms with Crippen LogP contribution in [0.5, 0.6) is 0 Å². The average molecular weight is 449 g/mol. The fourth-order valence-electron chi connectivity index (χ4n) is 2.91. The van der Waals surface area contributed by atoms with Gasteiger partial charge >= 0.3 is 0 Å². The Hall–Kier alpha value is -0.890. The highest BCUT2D eigenvalue weighted by molar-refractivity contribution is 14.0. The number of benzene rings is 1. The highest BCUT2D eigenvalue weighted by Crippen LogP contribution is 2.34. The summed E-state index contributed by atoms with van der Waals surface area (Å²) in [4.78, 5) is 4.29. The van der Waals surface area contributed by atoms with Gasteiger partial charge in [-0.3, -0.25) is 4.99 Å². The highest BCUT2D eigenvalue weighted by atomic mass is 127. The van der Waals surface area contributed by atoms with E-state index in [0.717, 1.165) is 50.7 Å². The van der Waals surface area contributed by atoms with Gasteiger partial charge in [-0.05, 0) is 36.5 Å². The summed E-state index contributed by atoms with van der Waals surface area (Å²) >= 11 is 0. The van der Waals surface area contributed by atoms with E-state index in [9.17, 15) is 4.39 Å². The summed E-state index contributed by atoms with van der Waals surface area (Å²) in [6.07, 6.45) is 1.85. The molecule has 0 aromatic heterocycles. The van der Waals surface area contributed by atoms with E-state index < -0.39 is 0 Å². The molecule has 1 saturated heterocycles. The first-order chi connectivity index (χ1) is 11.1. The lowest BCUT2D eigenvalue weighted by Gasteiger charge is -2.38. The van der Waals surface area contributed by atoms with E-state index in [-0.39, 0.29) is 35.2 Å². The molecular weight excluding hydrogens is 420 g/mol. The Morgan fingerprint density at radius 3 is 2.38 bits per heavy atom. The molecule has 0 bridgehead atoms. The molecule has 1 heterocycles. The normalized spacial score (nSPS) is 17.3. The second-order valence-corrected chi connectivity index (χ2v) is 6.60. The van der Waals surface area contributed by atoms with E-state index in [1.54, 1.807) is 19.2 Å². The minimum atomic E-state index is -0.196. The van der Waals surface area contributed by atoms with Crippen LogP contribution in [0.2, 0.25) is 0 Å². The van der Waals surface area contributed by atoms with Crippen LogP contribution < -0.4 is 10.6 Å². The van der Waals surface area contributed by atoms with Gasteiger partial charge in [-0.25, -0.2) is 4.39 Å². The molecule has 0 atom stereocenters. The molecule has 6 heteroatoms. The molecule has 1 fully saturated rings. The molecule has 136 valence electrons. The number of ether oxygens (including phenoxy) is 1. The van der Waals surface area contributed by atoms with Crippen LogP contribution in [0, 0.1) is 11.7 Å². The maximum absolute atomic E-state index is 13.3. The van der Waals surface area contributed by atoms with Gasteiger partial charge in [0.2, 0.25) is 0 Å². The molecule has 0 amide bonds. The molecule has 4 nitrogen and oxygen atoms in total. The lowest BCUT2D eigenvalue weighted by molar-refractivity contribution is 0.0513. The Balaban J connectivity index is 0.00000288. The highest BCUT2D eigenvalue weighted by Gasteiger charge is 2.34. The largest absolute Gasteiger partial charge is 0.381 e. The number of rotatable bonds is 5. The summed E-state index contributed by atoms with van der Waals surface area (Å²) in [6.45, 7) is 7.44. The topological polar surface area (TPSA) is 45.7 Å². The molecule has 0 spiro atoms. The Labute approximate surface area is 161 Å². The van der Waals surface area contributed by atoms with Crippen LogP contribution in [0.25, 0.3) is 0 Å². The summed E-state index contributed by atoms with van der Waals surface area (Å²) in [5, 5.41) is 6.77. The first-order valence-corrected chi connectivity index (χ1v) is 8.34. The van der Waals surface area contributed by atoms with Crippen molar-refractivity contribution in [1.29, 1.82) is 0 Å². The van der Waals surface area contributed by atoms with Crippen molar-refractivity contribution >= 4 is 29.9 Å². The van der Waals surface area contributed by atoms with Crippen molar-refractivity contribution in [3.8, 4) is 0 Å². The van der Waals surface area contributed by atoms with Gasteiger partial charge in [0, 0.05) is 38.8 Å². The molecule has 0 unspecified atom stereocenters. The third-order valence-corrected chi connectivity index (χ3v) is 4.40. The van der Waals surface area contributed by atoms with Crippen molar-refractivity contribution in [2.75, 3.05) is 33.4 Å². The Kier molecular flexibility index (Phi) is 8.97. The number of halogens is 2. The smallest absolute Gasteiger partial charge is 0.191 e. The van der Waals surface area contributed by atoms with Crippen LogP contribution in [-0.2, 0) is 10.2 Å². The molecule has 1 aromatic rings. The molecule has 1 aromatic carbocycles. The van der Waals surface area contributed by atoms with Crippen LogP contribution in [0.3, 0.4) is 0 Å². The third-order valence-electron chi connectivity index (χ3n) is 4.40. The molecule has 2 N–H and O–H groups in total. The minimum absolute atomic E-state index is 0. The SMILES string of the molecule is CN=C(NCC(C)C)NCC1(c2ccc(F)cc2)CCOCC1.I. The second kappa shape index (κ2) is 10.2. The molecular formula is C18H29FIN3O.